The zero-order valence-electron chi connectivity index (χ0n) is 11.4. The number of nitrogens with two attached hydrogens (primary N) is 1. The molecule has 1 aromatic carbocycles. The lowest BCUT2D eigenvalue weighted by Crippen LogP contribution is -2.22. The highest BCUT2D eigenvalue weighted by molar-refractivity contribution is 6.01. The van der Waals surface area contributed by atoms with Crippen LogP contribution in [0.15, 0.2) is 24.4 Å². The Labute approximate surface area is 113 Å². The van der Waals surface area contributed by atoms with Crippen LogP contribution < -0.4 is 10.6 Å². The molecular weight excluding hydrogens is 238 g/mol. The largest absolute Gasteiger partial charge is 0.398 e. The van der Waals surface area contributed by atoms with E-state index in [1.165, 1.54) is 11.1 Å². The standard InChI is InChI=1S/C15H19N3O/c1-10-7-12-13(8-17-10)14(16)3-4-15(12)18-6-5-11(9-18)19-2/h3-4,7-8,11H,5-6,9,16H2,1-2H3. The Morgan fingerprint density at radius 3 is 2.95 bits per heavy atom. The Kier molecular flexibility index (Phi) is 3.03. The molecule has 0 spiro atoms. The van der Waals surface area contributed by atoms with Gasteiger partial charge in [-0.3, -0.25) is 4.98 Å². The van der Waals surface area contributed by atoms with Gasteiger partial charge in [0.2, 0.25) is 0 Å². The van der Waals surface area contributed by atoms with Crippen LogP contribution in [0.1, 0.15) is 12.1 Å². The topological polar surface area (TPSA) is 51.4 Å². The fraction of sp³-hybridized carbons (Fsp3) is 0.400. The number of anilines is 2. The number of hydrogen-bond donors (Lipinski definition) is 1. The van der Waals surface area contributed by atoms with Gasteiger partial charge in [-0.05, 0) is 31.5 Å². The lowest BCUT2D eigenvalue weighted by molar-refractivity contribution is 0.121. The Hall–Kier alpha value is -1.81. The summed E-state index contributed by atoms with van der Waals surface area (Å²) in [5.41, 5.74) is 9.08. The molecule has 0 saturated carbocycles. The fourth-order valence-corrected chi connectivity index (χ4v) is 2.77. The Morgan fingerprint density at radius 2 is 2.21 bits per heavy atom. The molecule has 2 heterocycles. The number of nitrogen functional groups attached to an aromatic ring is 1. The summed E-state index contributed by atoms with van der Waals surface area (Å²) in [5.74, 6) is 0. The van der Waals surface area contributed by atoms with Crippen LogP contribution in [0.5, 0.6) is 0 Å². The van der Waals surface area contributed by atoms with Crippen LogP contribution in [0.25, 0.3) is 10.8 Å². The minimum absolute atomic E-state index is 0.329. The van der Waals surface area contributed by atoms with Gasteiger partial charge in [0.25, 0.3) is 0 Å². The van der Waals surface area contributed by atoms with Crippen molar-refractivity contribution in [2.45, 2.75) is 19.4 Å². The Bertz CT molecular complexity index is 612. The van der Waals surface area contributed by atoms with Crippen molar-refractivity contribution in [3.8, 4) is 0 Å². The monoisotopic (exact) mass is 257 g/mol. The Balaban J connectivity index is 2.09. The van der Waals surface area contributed by atoms with E-state index in [-0.39, 0.29) is 0 Å². The normalized spacial score (nSPS) is 19.3. The molecule has 1 aliphatic heterocycles. The van der Waals surface area contributed by atoms with Gasteiger partial charge in [-0.15, -0.1) is 0 Å². The van der Waals surface area contributed by atoms with Gasteiger partial charge >= 0.3 is 0 Å². The first-order valence-electron chi connectivity index (χ1n) is 6.61. The molecule has 1 aliphatic rings. The van der Waals surface area contributed by atoms with Crippen molar-refractivity contribution >= 4 is 22.1 Å². The van der Waals surface area contributed by atoms with E-state index >= 15 is 0 Å². The highest BCUT2D eigenvalue weighted by atomic mass is 16.5. The summed E-state index contributed by atoms with van der Waals surface area (Å²) >= 11 is 0. The van der Waals surface area contributed by atoms with Crippen molar-refractivity contribution in [3.63, 3.8) is 0 Å². The summed E-state index contributed by atoms with van der Waals surface area (Å²) in [7, 11) is 1.78. The van der Waals surface area contributed by atoms with Crippen molar-refractivity contribution in [2.24, 2.45) is 0 Å². The van der Waals surface area contributed by atoms with E-state index in [1.807, 2.05) is 19.2 Å². The number of fused-ring (bicyclic) bond motifs is 1. The average molecular weight is 257 g/mol. The summed E-state index contributed by atoms with van der Waals surface area (Å²) in [6, 6.07) is 6.19. The van der Waals surface area contributed by atoms with Crippen LogP contribution in [-0.4, -0.2) is 31.3 Å². The molecule has 1 fully saturated rings. The highest BCUT2D eigenvalue weighted by Gasteiger charge is 2.23. The van der Waals surface area contributed by atoms with E-state index in [2.05, 4.69) is 22.0 Å². The molecule has 1 saturated heterocycles. The summed E-state index contributed by atoms with van der Waals surface area (Å²) in [4.78, 5) is 6.71. The highest BCUT2D eigenvalue weighted by Crippen LogP contribution is 2.33. The third-order valence-corrected chi connectivity index (χ3v) is 3.87. The molecule has 0 radical (unpaired) electrons. The van der Waals surface area contributed by atoms with E-state index in [0.29, 0.717) is 6.10 Å². The lowest BCUT2D eigenvalue weighted by atomic mass is 10.1. The van der Waals surface area contributed by atoms with Gasteiger partial charge in [0.1, 0.15) is 0 Å². The van der Waals surface area contributed by atoms with Crippen LogP contribution in [0.2, 0.25) is 0 Å². The molecule has 1 atom stereocenters. The van der Waals surface area contributed by atoms with Crippen molar-refractivity contribution < 1.29 is 4.74 Å². The van der Waals surface area contributed by atoms with Crippen LogP contribution in [0, 0.1) is 6.92 Å². The van der Waals surface area contributed by atoms with Gasteiger partial charge in [-0.2, -0.15) is 0 Å². The van der Waals surface area contributed by atoms with Gasteiger partial charge in [0.15, 0.2) is 0 Å². The summed E-state index contributed by atoms with van der Waals surface area (Å²) in [5, 5.41) is 2.22. The van der Waals surface area contributed by atoms with E-state index in [4.69, 9.17) is 10.5 Å². The second-order valence-corrected chi connectivity index (χ2v) is 5.14. The maximum Gasteiger partial charge on any atom is 0.0762 e. The number of nitrogens with zero attached hydrogens (tertiary/aromatic N) is 2. The minimum atomic E-state index is 0.329. The third kappa shape index (κ3) is 2.12. The van der Waals surface area contributed by atoms with Crippen LogP contribution in [0.4, 0.5) is 11.4 Å². The summed E-state index contributed by atoms with van der Waals surface area (Å²) < 4.78 is 5.44. The van der Waals surface area contributed by atoms with Gasteiger partial charge < -0.3 is 15.4 Å². The number of methoxy groups -OCH3 is 1. The van der Waals surface area contributed by atoms with Crippen LogP contribution in [-0.2, 0) is 4.74 Å². The minimum Gasteiger partial charge on any atom is -0.398 e. The molecule has 100 valence electrons. The van der Waals surface area contributed by atoms with E-state index in [1.54, 1.807) is 7.11 Å². The third-order valence-electron chi connectivity index (χ3n) is 3.87. The number of pyridine rings is 1. The van der Waals surface area contributed by atoms with Gasteiger partial charge in [0.05, 0.1) is 6.10 Å². The maximum absolute atomic E-state index is 6.04. The molecule has 3 rings (SSSR count). The zero-order valence-corrected chi connectivity index (χ0v) is 11.4. The van der Waals surface area contributed by atoms with Gasteiger partial charge in [0, 0.05) is 54.2 Å². The molecule has 2 aromatic rings. The zero-order chi connectivity index (χ0) is 13.4. The van der Waals surface area contributed by atoms with Gasteiger partial charge in [-0.1, -0.05) is 0 Å². The smallest absolute Gasteiger partial charge is 0.0762 e. The molecular formula is C15H19N3O. The first-order chi connectivity index (χ1) is 9.19. The molecule has 2 N–H and O–H groups in total. The van der Waals surface area contributed by atoms with Crippen LogP contribution in [0.3, 0.4) is 0 Å². The molecule has 1 aromatic heterocycles. The lowest BCUT2D eigenvalue weighted by Gasteiger charge is -2.21. The summed E-state index contributed by atoms with van der Waals surface area (Å²) in [6.07, 6.45) is 3.27. The quantitative estimate of drug-likeness (QED) is 0.839. The van der Waals surface area contributed by atoms with E-state index in [9.17, 15) is 0 Å². The number of hydrogen-bond acceptors (Lipinski definition) is 4. The molecule has 4 nitrogen and oxygen atoms in total. The number of aryl methyl sites for hydroxylation is 1. The Morgan fingerprint density at radius 1 is 1.37 bits per heavy atom. The van der Waals surface area contributed by atoms with Crippen molar-refractivity contribution in [1.82, 2.24) is 4.98 Å². The van der Waals surface area contributed by atoms with E-state index < -0.39 is 0 Å². The fourth-order valence-electron chi connectivity index (χ4n) is 2.77. The van der Waals surface area contributed by atoms with Crippen molar-refractivity contribution in [3.05, 3.63) is 30.1 Å². The molecule has 0 bridgehead atoms. The molecule has 4 heteroatoms. The first-order valence-corrected chi connectivity index (χ1v) is 6.61. The van der Waals surface area contributed by atoms with Crippen LogP contribution >= 0.6 is 0 Å². The first kappa shape index (κ1) is 12.2. The predicted molar refractivity (Wildman–Crippen MR) is 78.5 cm³/mol. The molecule has 0 aliphatic carbocycles. The van der Waals surface area contributed by atoms with Crippen molar-refractivity contribution in [2.75, 3.05) is 30.8 Å². The molecule has 0 amide bonds. The number of benzene rings is 1. The maximum atomic E-state index is 6.04. The average Bonchev–Trinajstić information content (AvgIpc) is 2.87. The molecule has 19 heavy (non-hydrogen) atoms. The van der Waals surface area contributed by atoms with Crippen molar-refractivity contribution in [1.29, 1.82) is 0 Å². The predicted octanol–water partition coefficient (Wildman–Crippen LogP) is 2.35. The summed E-state index contributed by atoms with van der Waals surface area (Å²) in [6.45, 7) is 3.98. The second kappa shape index (κ2) is 4.70. The number of ether oxygens (including phenoxy) is 1. The number of aromatic nitrogens is 1. The molecule has 1 unspecified atom stereocenters. The SMILES string of the molecule is COC1CCN(c2ccc(N)c3cnc(C)cc23)C1. The second-order valence-electron chi connectivity index (χ2n) is 5.14. The van der Waals surface area contributed by atoms with E-state index in [0.717, 1.165) is 36.3 Å². The number of rotatable bonds is 2. The van der Waals surface area contributed by atoms with Gasteiger partial charge in [-0.25, -0.2) is 0 Å².